The van der Waals surface area contributed by atoms with Gasteiger partial charge in [-0.3, -0.25) is 10.1 Å². The number of carbonyl (C=O) groups excluding carboxylic acids is 2. The molecular formula is C21H26N4O5S2. The maximum atomic E-state index is 13.0. The number of thiazole rings is 1. The third kappa shape index (κ3) is 4.79. The molecule has 0 atom stereocenters. The Morgan fingerprint density at radius 3 is 2.44 bits per heavy atom. The average Bonchev–Trinajstić information content (AvgIpc) is 3.21. The molecule has 0 spiro atoms. The highest BCUT2D eigenvalue weighted by Gasteiger charge is 2.30. The second-order valence-corrected chi connectivity index (χ2v) is 10.7. The summed E-state index contributed by atoms with van der Waals surface area (Å²) in [7, 11) is -3.71. The zero-order valence-electron chi connectivity index (χ0n) is 17.9. The smallest absolute Gasteiger partial charge is 0.409 e. The molecule has 2 amide bonds. The number of carbonyl (C=O) groups is 2. The van der Waals surface area contributed by atoms with E-state index >= 15 is 0 Å². The molecule has 4 rings (SSSR count). The minimum Gasteiger partial charge on any atom is -0.450 e. The Labute approximate surface area is 191 Å². The van der Waals surface area contributed by atoms with Crippen LogP contribution in [0.4, 0.5) is 9.93 Å². The van der Waals surface area contributed by atoms with E-state index in [1.165, 1.54) is 49.7 Å². The number of amides is 2. The van der Waals surface area contributed by atoms with Crippen molar-refractivity contribution in [1.29, 1.82) is 0 Å². The van der Waals surface area contributed by atoms with E-state index in [4.69, 9.17) is 4.74 Å². The normalized spacial score (nSPS) is 17.0. The average molecular weight is 479 g/mol. The van der Waals surface area contributed by atoms with E-state index < -0.39 is 16.1 Å². The molecule has 1 fully saturated rings. The summed E-state index contributed by atoms with van der Waals surface area (Å²) in [6.07, 6.45) is 3.79. The molecule has 11 heteroatoms. The summed E-state index contributed by atoms with van der Waals surface area (Å²) in [5.41, 5.74) is 1.44. The molecular weight excluding hydrogens is 452 g/mol. The second kappa shape index (κ2) is 9.55. The van der Waals surface area contributed by atoms with Gasteiger partial charge in [0.25, 0.3) is 5.91 Å². The van der Waals surface area contributed by atoms with Crippen LogP contribution in [0.25, 0.3) is 0 Å². The maximum Gasteiger partial charge on any atom is 0.409 e. The van der Waals surface area contributed by atoms with Crippen molar-refractivity contribution in [2.24, 2.45) is 0 Å². The van der Waals surface area contributed by atoms with Gasteiger partial charge < -0.3 is 9.64 Å². The molecule has 1 aliphatic carbocycles. The monoisotopic (exact) mass is 478 g/mol. The Balaban J connectivity index is 1.38. The molecule has 0 radical (unpaired) electrons. The molecule has 9 nitrogen and oxygen atoms in total. The number of aromatic nitrogens is 1. The predicted octanol–water partition coefficient (Wildman–Crippen LogP) is 2.74. The number of aryl methyl sites for hydroxylation is 2. The van der Waals surface area contributed by atoms with Crippen molar-refractivity contribution < 1.29 is 22.7 Å². The van der Waals surface area contributed by atoms with E-state index in [9.17, 15) is 18.0 Å². The summed E-state index contributed by atoms with van der Waals surface area (Å²) in [5, 5.41) is 3.40. The first-order valence-electron chi connectivity index (χ1n) is 10.7. The molecule has 1 aliphatic heterocycles. The lowest BCUT2D eigenvalue weighted by molar-refractivity contribution is 0.0933. The Kier molecular flexibility index (Phi) is 6.77. The number of sulfonamides is 1. The quantitative estimate of drug-likeness (QED) is 0.708. The van der Waals surface area contributed by atoms with E-state index in [1.807, 2.05) is 0 Å². The van der Waals surface area contributed by atoms with Crippen LogP contribution in [-0.4, -0.2) is 67.4 Å². The molecule has 32 heavy (non-hydrogen) atoms. The van der Waals surface area contributed by atoms with E-state index in [-0.39, 0.29) is 43.6 Å². The fraction of sp³-hybridized carbons (Fsp3) is 0.476. The van der Waals surface area contributed by atoms with Crippen molar-refractivity contribution in [2.75, 3.05) is 38.1 Å². The zero-order valence-corrected chi connectivity index (χ0v) is 19.5. The number of piperazine rings is 1. The Morgan fingerprint density at radius 1 is 1.09 bits per heavy atom. The molecule has 1 saturated heterocycles. The van der Waals surface area contributed by atoms with Gasteiger partial charge in [0, 0.05) is 36.6 Å². The molecule has 1 aromatic carbocycles. The third-order valence-electron chi connectivity index (χ3n) is 5.59. The molecule has 0 unspecified atom stereocenters. The Bertz CT molecular complexity index is 1070. The van der Waals surface area contributed by atoms with Crippen molar-refractivity contribution in [3.63, 3.8) is 0 Å². The van der Waals surface area contributed by atoms with Crippen LogP contribution in [0.2, 0.25) is 0 Å². The number of hydrogen-bond donors (Lipinski definition) is 1. The van der Waals surface area contributed by atoms with Crippen LogP contribution >= 0.6 is 11.3 Å². The molecule has 2 aliphatic rings. The minimum absolute atomic E-state index is 0.114. The minimum atomic E-state index is -3.71. The lowest BCUT2D eigenvalue weighted by atomic mass is 10.0. The fourth-order valence-corrected chi connectivity index (χ4v) is 6.29. The molecule has 2 heterocycles. The number of hydrogen-bond acceptors (Lipinski definition) is 7. The lowest BCUT2D eigenvalue weighted by Crippen LogP contribution is -2.50. The summed E-state index contributed by atoms with van der Waals surface area (Å²) < 4.78 is 32.2. The van der Waals surface area contributed by atoms with Crippen LogP contribution in [-0.2, 0) is 27.6 Å². The van der Waals surface area contributed by atoms with Gasteiger partial charge in [-0.05, 0) is 56.9 Å². The molecule has 0 saturated carbocycles. The van der Waals surface area contributed by atoms with E-state index in [1.54, 1.807) is 6.92 Å². The number of benzene rings is 1. The largest absolute Gasteiger partial charge is 0.450 e. The summed E-state index contributed by atoms with van der Waals surface area (Å²) in [5.74, 6) is -0.317. The third-order valence-corrected chi connectivity index (χ3v) is 8.57. The highest BCUT2D eigenvalue weighted by Crippen LogP contribution is 2.30. The van der Waals surface area contributed by atoms with Gasteiger partial charge in [-0.1, -0.05) is 0 Å². The van der Waals surface area contributed by atoms with Gasteiger partial charge in [0.1, 0.15) is 0 Å². The van der Waals surface area contributed by atoms with Crippen LogP contribution in [0, 0.1) is 0 Å². The highest BCUT2D eigenvalue weighted by atomic mass is 32.2. The van der Waals surface area contributed by atoms with Gasteiger partial charge in [-0.25, -0.2) is 18.2 Å². The SMILES string of the molecule is CCOC(=O)N1CCN(S(=O)(=O)c2ccc(C(=O)Nc3nc4c(s3)CCCC4)cc2)CC1. The van der Waals surface area contributed by atoms with Gasteiger partial charge in [0.15, 0.2) is 5.13 Å². The molecule has 2 aromatic rings. The van der Waals surface area contributed by atoms with Gasteiger partial charge in [-0.2, -0.15) is 4.31 Å². The maximum absolute atomic E-state index is 13.0. The first kappa shape index (κ1) is 22.7. The number of rotatable bonds is 5. The van der Waals surface area contributed by atoms with Gasteiger partial charge in [-0.15, -0.1) is 11.3 Å². The van der Waals surface area contributed by atoms with Crippen LogP contribution < -0.4 is 5.32 Å². The molecule has 1 aromatic heterocycles. The highest BCUT2D eigenvalue weighted by molar-refractivity contribution is 7.89. The summed E-state index contributed by atoms with van der Waals surface area (Å²) in [4.78, 5) is 31.8. The lowest BCUT2D eigenvalue weighted by Gasteiger charge is -2.33. The standard InChI is InChI=1S/C21H26N4O5S2/c1-2-30-21(27)24-11-13-25(14-12-24)32(28,29)16-9-7-15(8-10-16)19(26)23-20-22-17-5-3-4-6-18(17)31-20/h7-10H,2-6,11-14H2,1H3,(H,22,23,26). The number of nitrogens with zero attached hydrogens (tertiary/aromatic N) is 3. The van der Waals surface area contributed by atoms with E-state index in [0.717, 1.165) is 31.4 Å². The van der Waals surface area contributed by atoms with Gasteiger partial charge in [0.05, 0.1) is 17.2 Å². The van der Waals surface area contributed by atoms with Crippen LogP contribution in [0.5, 0.6) is 0 Å². The summed E-state index contributed by atoms with van der Waals surface area (Å²) in [6.45, 7) is 2.94. The first-order valence-corrected chi connectivity index (χ1v) is 13.0. The summed E-state index contributed by atoms with van der Waals surface area (Å²) >= 11 is 1.51. The molecule has 172 valence electrons. The fourth-order valence-electron chi connectivity index (χ4n) is 3.83. The van der Waals surface area contributed by atoms with Crippen LogP contribution in [0.1, 0.15) is 40.7 Å². The first-order chi connectivity index (χ1) is 15.4. The summed E-state index contributed by atoms with van der Waals surface area (Å²) in [6, 6.07) is 5.89. The van der Waals surface area contributed by atoms with E-state index in [2.05, 4.69) is 10.3 Å². The molecule has 1 N–H and O–H groups in total. The van der Waals surface area contributed by atoms with E-state index in [0.29, 0.717) is 10.7 Å². The zero-order chi connectivity index (χ0) is 22.7. The van der Waals surface area contributed by atoms with Gasteiger partial charge >= 0.3 is 6.09 Å². The number of ether oxygens (including phenoxy) is 1. The van der Waals surface area contributed by atoms with Gasteiger partial charge in [0.2, 0.25) is 10.0 Å². The Hall–Kier alpha value is -2.50. The Morgan fingerprint density at radius 2 is 1.78 bits per heavy atom. The predicted molar refractivity (Wildman–Crippen MR) is 121 cm³/mol. The van der Waals surface area contributed by atoms with Crippen LogP contribution in [0.3, 0.4) is 0 Å². The van der Waals surface area contributed by atoms with Crippen molar-refractivity contribution in [2.45, 2.75) is 37.5 Å². The molecule has 0 bridgehead atoms. The number of fused-ring (bicyclic) bond motifs is 1. The van der Waals surface area contributed by atoms with Crippen molar-refractivity contribution >= 4 is 38.5 Å². The van der Waals surface area contributed by atoms with Crippen LogP contribution in [0.15, 0.2) is 29.2 Å². The topological polar surface area (TPSA) is 109 Å². The second-order valence-electron chi connectivity index (χ2n) is 7.66. The van der Waals surface area contributed by atoms with Crippen molar-refractivity contribution in [3.05, 3.63) is 40.4 Å². The number of anilines is 1. The van der Waals surface area contributed by atoms with Crippen molar-refractivity contribution in [1.82, 2.24) is 14.2 Å². The van der Waals surface area contributed by atoms with Crippen molar-refractivity contribution in [3.8, 4) is 0 Å². The number of nitrogens with one attached hydrogen (secondary N) is 1.